The molecule has 2 aromatic heterocycles. The van der Waals surface area contributed by atoms with Crippen molar-refractivity contribution in [2.75, 3.05) is 23.8 Å². The highest BCUT2D eigenvalue weighted by atomic mass is 35.5. The van der Waals surface area contributed by atoms with Crippen molar-refractivity contribution in [3.8, 4) is 0 Å². The van der Waals surface area contributed by atoms with Crippen LogP contribution in [0, 0.1) is 0 Å². The lowest BCUT2D eigenvalue weighted by atomic mass is 9.96. The number of carbonyl (C=O) groups is 1. The van der Waals surface area contributed by atoms with Crippen molar-refractivity contribution < 1.29 is 9.53 Å². The lowest BCUT2D eigenvalue weighted by Gasteiger charge is -2.21. The first-order chi connectivity index (χ1) is 13.6. The summed E-state index contributed by atoms with van der Waals surface area (Å²) in [5.74, 6) is 0.850. The molecule has 1 aliphatic heterocycles. The number of ether oxygens (including phenoxy) is 1. The Morgan fingerprint density at radius 3 is 2.75 bits per heavy atom. The lowest BCUT2D eigenvalue weighted by Crippen LogP contribution is -2.21. The Labute approximate surface area is 172 Å². The summed E-state index contributed by atoms with van der Waals surface area (Å²) in [6, 6.07) is 10.3. The Kier molecular flexibility index (Phi) is 5.62. The van der Waals surface area contributed by atoms with E-state index in [4.69, 9.17) is 27.9 Å². The van der Waals surface area contributed by atoms with Crippen LogP contribution in [0.5, 0.6) is 0 Å². The molecular weight excluding hydrogens is 399 g/mol. The monoisotopic (exact) mass is 416 g/mol. The highest BCUT2D eigenvalue weighted by Crippen LogP contribution is 2.31. The maximum absolute atomic E-state index is 12.5. The zero-order valence-corrected chi connectivity index (χ0v) is 16.4. The molecule has 2 N–H and O–H groups in total. The van der Waals surface area contributed by atoms with E-state index < -0.39 is 6.03 Å². The summed E-state index contributed by atoms with van der Waals surface area (Å²) in [6.07, 6.45) is 3.46. The van der Waals surface area contributed by atoms with E-state index in [-0.39, 0.29) is 0 Å². The second-order valence-corrected chi connectivity index (χ2v) is 7.40. The highest BCUT2D eigenvalue weighted by molar-refractivity contribution is 6.38. The number of nitrogens with one attached hydrogen (secondary N) is 2. The summed E-state index contributed by atoms with van der Waals surface area (Å²) in [7, 11) is 0. The van der Waals surface area contributed by atoms with Crippen LogP contribution in [0.15, 0.2) is 42.6 Å². The van der Waals surface area contributed by atoms with Crippen molar-refractivity contribution in [1.82, 2.24) is 9.97 Å². The van der Waals surface area contributed by atoms with Gasteiger partial charge in [-0.3, -0.25) is 10.3 Å². The van der Waals surface area contributed by atoms with Gasteiger partial charge >= 0.3 is 6.03 Å². The van der Waals surface area contributed by atoms with Crippen molar-refractivity contribution in [1.29, 1.82) is 0 Å². The zero-order chi connectivity index (χ0) is 19.5. The minimum absolute atomic E-state index is 0.354. The molecule has 0 spiro atoms. The van der Waals surface area contributed by atoms with Crippen molar-refractivity contribution in [3.05, 3.63) is 58.3 Å². The molecule has 6 nitrogen and oxygen atoms in total. The summed E-state index contributed by atoms with van der Waals surface area (Å²) < 4.78 is 5.40. The maximum atomic E-state index is 12.5. The first kappa shape index (κ1) is 18.9. The van der Waals surface area contributed by atoms with E-state index in [1.165, 1.54) is 0 Å². The summed E-state index contributed by atoms with van der Waals surface area (Å²) in [5, 5.41) is 7.17. The normalized spacial score (nSPS) is 14.8. The minimum atomic E-state index is -0.403. The van der Waals surface area contributed by atoms with E-state index in [9.17, 15) is 4.79 Å². The van der Waals surface area contributed by atoms with Crippen molar-refractivity contribution in [2.24, 2.45) is 0 Å². The molecule has 3 heterocycles. The third-order valence-corrected chi connectivity index (χ3v) is 5.17. The number of anilines is 2. The number of carbonyl (C=O) groups excluding carboxylic acids is 1. The van der Waals surface area contributed by atoms with Crippen LogP contribution in [0.25, 0.3) is 10.9 Å². The molecule has 1 saturated heterocycles. The van der Waals surface area contributed by atoms with E-state index >= 15 is 0 Å². The van der Waals surface area contributed by atoms with Gasteiger partial charge in [0.2, 0.25) is 0 Å². The van der Waals surface area contributed by atoms with Crippen molar-refractivity contribution in [2.45, 2.75) is 18.8 Å². The van der Waals surface area contributed by atoms with Crippen LogP contribution in [-0.4, -0.2) is 29.2 Å². The summed E-state index contributed by atoms with van der Waals surface area (Å²) in [4.78, 5) is 21.4. The molecule has 8 heteroatoms. The predicted octanol–water partition coefficient (Wildman–Crippen LogP) is 5.47. The first-order valence-corrected chi connectivity index (χ1v) is 9.72. The van der Waals surface area contributed by atoms with Crippen LogP contribution < -0.4 is 10.6 Å². The Morgan fingerprint density at radius 1 is 1.11 bits per heavy atom. The molecule has 0 saturated carbocycles. The van der Waals surface area contributed by atoms with E-state index in [2.05, 4.69) is 20.6 Å². The molecule has 0 radical (unpaired) electrons. The summed E-state index contributed by atoms with van der Waals surface area (Å²) in [5.41, 5.74) is 2.10. The van der Waals surface area contributed by atoms with Gasteiger partial charge in [-0.25, -0.2) is 9.78 Å². The molecule has 0 bridgehead atoms. The second kappa shape index (κ2) is 8.31. The third-order valence-electron chi connectivity index (χ3n) is 4.66. The Morgan fingerprint density at radius 2 is 1.93 bits per heavy atom. The Bertz CT molecular complexity index is 1020. The number of halogens is 2. The fourth-order valence-electron chi connectivity index (χ4n) is 3.30. The van der Waals surface area contributed by atoms with Crippen LogP contribution in [0.3, 0.4) is 0 Å². The molecule has 144 valence electrons. The topological polar surface area (TPSA) is 76.1 Å². The van der Waals surface area contributed by atoms with Crippen LogP contribution >= 0.6 is 23.2 Å². The standard InChI is InChI=1S/C20H18Cl2N4O2/c21-13-10-14-17(4-7-23-19(14)15(22)11-13)25-20(27)26-18-3-1-2-16(24-18)12-5-8-28-9-6-12/h1-4,7,10-12H,5-6,8-9H2,(H2,23,24,25,26,27). The van der Waals surface area contributed by atoms with E-state index in [0.717, 1.165) is 31.7 Å². The first-order valence-electron chi connectivity index (χ1n) is 8.96. The van der Waals surface area contributed by atoms with E-state index in [1.54, 1.807) is 30.5 Å². The van der Waals surface area contributed by atoms with Gasteiger partial charge in [-0.05, 0) is 43.2 Å². The molecule has 1 aromatic carbocycles. The molecule has 1 fully saturated rings. The number of fused-ring (bicyclic) bond motifs is 1. The molecule has 0 aliphatic carbocycles. The number of aromatic nitrogens is 2. The molecule has 4 rings (SSSR count). The molecular formula is C20H18Cl2N4O2. The van der Waals surface area contributed by atoms with E-state index in [1.807, 2.05) is 12.1 Å². The van der Waals surface area contributed by atoms with Gasteiger partial charge in [-0.2, -0.15) is 0 Å². The average molecular weight is 417 g/mol. The largest absolute Gasteiger partial charge is 0.381 e. The Balaban J connectivity index is 1.52. The number of amides is 2. The predicted molar refractivity (Wildman–Crippen MR) is 111 cm³/mol. The van der Waals surface area contributed by atoms with Gasteiger partial charge in [0.15, 0.2) is 0 Å². The minimum Gasteiger partial charge on any atom is -0.381 e. The molecule has 2 amide bonds. The van der Waals surface area contributed by atoms with Crippen LogP contribution in [0.4, 0.5) is 16.3 Å². The van der Waals surface area contributed by atoms with E-state index in [0.29, 0.717) is 38.4 Å². The lowest BCUT2D eigenvalue weighted by molar-refractivity contribution is 0.0845. The highest BCUT2D eigenvalue weighted by Gasteiger charge is 2.18. The SMILES string of the molecule is O=C(Nc1cccc(C2CCOCC2)n1)Nc1ccnc2c(Cl)cc(Cl)cc12. The maximum Gasteiger partial charge on any atom is 0.324 e. The number of hydrogen-bond donors (Lipinski definition) is 2. The van der Waals surface area contributed by atoms with Gasteiger partial charge in [0.1, 0.15) is 5.82 Å². The van der Waals surface area contributed by atoms with Gasteiger partial charge in [0.25, 0.3) is 0 Å². The summed E-state index contributed by atoms with van der Waals surface area (Å²) >= 11 is 12.3. The quantitative estimate of drug-likeness (QED) is 0.592. The fourth-order valence-corrected chi connectivity index (χ4v) is 3.84. The van der Waals surface area contributed by atoms with Crippen molar-refractivity contribution in [3.63, 3.8) is 0 Å². The number of hydrogen-bond acceptors (Lipinski definition) is 4. The van der Waals surface area contributed by atoms with Gasteiger partial charge in [0.05, 0.1) is 16.2 Å². The van der Waals surface area contributed by atoms with Gasteiger partial charge in [0, 0.05) is 41.4 Å². The smallest absolute Gasteiger partial charge is 0.324 e. The summed E-state index contributed by atoms with van der Waals surface area (Å²) in [6.45, 7) is 1.48. The number of nitrogens with zero attached hydrogens (tertiary/aromatic N) is 2. The van der Waals surface area contributed by atoms with Crippen LogP contribution in [-0.2, 0) is 4.74 Å². The molecule has 28 heavy (non-hydrogen) atoms. The number of benzene rings is 1. The van der Waals surface area contributed by atoms with Crippen LogP contribution in [0.1, 0.15) is 24.5 Å². The third kappa shape index (κ3) is 4.19. The Hall–Kier alpha value is -2.41. The molecule has 0 unspecified atom stereocenters. The molecule has 1 aliphatic rings. The fraction of sp³-hybridized carbons (Fsp3) is 0.250. The zero-order valence-electron chi connectivity index (χ0n) is 14.9. The number of rotatable bonds is 3. The van der Waals surface area contributed by atoms with Gasteiger partial charge < -0.3 is 10.1 Å². The number of pyridine rings is 2. The molecule has 0 atom stereocenters. The molecule has 3 aromatic rings. The number of urea groups is 1. The van der Waals surface area contributed by atoms with Crippen LogP contribution in [0.2, 0.25) is 10.0 Å². The average Bonchev–Trinajstić information content (AvgIpc) is 2.69. The second-order valence-electron chi connectivity index (χ2n) is 6.56. The van der Waals surface area contributed by atoms with Gasteiger partial charge in [-0.1, -0.05) is 29.3 Å². The van der Waals surface area contributed by atoms with Gasteiger partial charge in [-0.15, -0.1) is 0 Å². The van der Waals surface area contributed by atoms with Crippen molar-refractivity contribution >= 4 is 51.6 Å².